The highest BCUT2D eigenvalue weighted by molar-refractivity contribution is 5.98. The molecule has 0 aliphatic heterocycles. The molecule has 0 radical (unpaired) electrons. The van der Waals surface area contributed by atoms with Gasteiger partial charge in [0, 0.05) is 0 Å². The van der Waals surface area contributed by atoms with E-state index in [4.69, 9.17) is 0 Å². The first-order chi connectivity index (χ1) is 7.47. The quantitative estimate of drug-likeness (QED) is 0.738. The molecule has 0 N–H and O–H groups in total. The van der Waals surface area contributed by atoms with Crippen molar-refractivity contribution in [2.75, 3.05) is 0 Å². The average Bonchev–Trinajstić information content (AvgIpc) is 2.16. The van der Waals surface area contributed by atoms with Crippen LogP contribution in [0.5, 0.6) is 5.75 Å². The fourth-order valence-electron chi connectivity index (χ4n) is 1.66. The molecular formula is C12H14F2O2. The number of ketones is 1. The Labute approximate surface area is 93.2 Å². The lowest BCUT2D eigenvalue weighted by atomic mass is 9.99. The first-order valence-electron chi connectivity index (χ1n) is 5.05. The van der Waals surface area contributed by atoms with E-state index < -0.39 is 6.61 Å². The maximum atomic E-state index is 12.3. The van der Waals surface area contributed by atoms with E-state index in [9.17, 15) is 13.6 Å². The molecule has 0 bridgehead atoms. The molecule has 0 unspecified atom stereocenters. The van der Waals surface area contributed by atoms with Gasteiger partial charge in [-0.2, -0.15) is 8.78 Å². The monoisotopic (exact) mass is 228 g/mol. The smallest absolute Gasteiger partial charge is 0.387 e. The third kappa shape index (κ3) is 2.56. The highest BCUT2D eigenvalue weighted by Gasteiger charge is 2.18. The van der Waals surface area contributed by atoms with E-state index in [1.54, 1.807) is 19.1 Å². The van der Waals surface area contributed by atoms with Gasteiger partial charge in [0.05, 0.1) is 5.56 Å². The zero-order chi connectivity index (χ0) is 12.3. The van der Waals surface area contributed by atoms with Gasteiger partial charge in [-0.15, -0.1) is 0 Å². The van der Waals surface area contributed by atoms with Crippen LogP contribution in [0.3, 0.4) is 0 Å². The number of carbonyl (C=O) groups excluding carboxylic acids is 1. The lowest BCUT2D eigenvalue weighted by molar-refractivity contribution is -0.0507. The van der Waals surface area contributed by atoms with Gasteiger partial charge in [0.1, 0.15) is 5.75 Å². The van der Waals surface area contributed by atoms with Crippen molar-refractivity contribution in [1.82, 2.24) is 0 Å². The molecule has 2 nitrogen and oxygen atoms in total. The maximum absolute atomic E-state index is 12.3. The Kier molecular flexibility index (Phi) is 3.99. The SMILES string of the molecule is CCc1ccc(C)c(C(C)=O)c1OC(F)F. The molecule has 1 aromatic carbocycles. The Bertz CT molecular complexity index is 400. The minimum absolute atomic E-state index is 0.0185. The second kappa shape index (κ2) is 5.05. The summed E-state index contributed by atoms with van der Waals surface area (Å²) in [5.41, 5.74) is 1.52. The van der Waals surface area contributed by atoms with Crippen molar-refractivity contribution >= 4 is 5.78 Å². The van der Waals surface area contributed by atoms with Gasteiger partial charge >= 0.3 is 6.61 Å². The largest absolute Gasteiger partial charge is 0.434 e. The van der Waals surface area contributed by atoms with Crippen LogP contribution in [-0.4, -0.2) is 12.4 Å². The van der Waals surface area contributed by atoms with Crippen LogP contribution >= 0.6 is 0 Å². The third-order valence-electron chi connectivity index (χ3n) is 2.39. The number of alkyl halides is 2. The molecule has 0 saturated heterocycles. The Morgan fingerprint density at radius 1 is 1.44 bits per heavy atom. The normalized spacial score (nSPS) is 10.6. The van der Waals surface area contributed by atoms with Crippen molar-refractivity contribution in [3.05, 3.63) is 28.8 Å². The van der Waals surface area contributed by atoms with Crippen molar-refractivity contribution in [1.29, 1.82) is 0 Å². The van der Waals surface area contributed by atoms with E-state index in [-0.39, 0.29) is 17.1 Å². The molecule has 0 saturated carbocycles. The zero-order valence-electron chi connectivity index (χ0n) is 9.51. The highest BCUT2D eigenvalue weighted by atomic mass is 19.3. The van der Waals surface area contributed by atoms with Crippen molar-refractivity contribution in [3.63, 3.8) is 0 Å². The van der Waals surface area contributed by atoms with E-state index in [0.29, 0.717) is 17.5 Å². The van der Waals surface area contributed by atoms with Crippen molar-refractivity contribution < 1.29 is 18.3 Å². The van der Waals surface area contributed by atoms with Crippen molar-refractivity contribution in [2.45, 2.75) is 33.8 Å². The fraction of sp³-hybridized carbons (Fsp3) is 0.417. The predicted molar refractivity (Wildman–Crippen MR) is 57.2 cm³/mol. The number of aryl methyl sites for hydroxylation is 2. The number of rotatable bonds is 4. The summed E-state index contributed by atoms with van der Waals surface area (Å²) in [5.74, 6) is -0.242. The molecule has 0 aliphatic rings. The second-order valence-electron chi connectivity index (χ2n) is 3.53. The summed E-state index contributed by atoms with van der Waals surface area (Å²) in [6.45, 7) is 1.96. The van der Waals surface area contributed by atoms with Gasteiger partial charge in [-0.1, -0.05) is 19.1 Å². The molecule has 0 atom stereocenters. The summed E-state index contributed by atoms with van der Waals surface area (Å²) in [6.07, 6.45) is 0.544. The Morgan fingerprint density at radius 3 is 2.50 bits per heavy atom. The zero-order valence-corrected chi connectivity index (χ0v) is 9.51. The fourth-order valence-corrected chi connectivity index (χ4v) is 1.66. The number of hydrogen-bond acceptors (Lipinski definition) is 2. The third-order valence-corrected chi connectivity index (χ3v) is 2.39. The lowest BCUT2D eigenvalue weighted by Gasteiger charge is -2.15. The van der Waals surface area contributed by atoms with Crippen molar-refractivity contribution in [2.24, 2.45) is 0 Å². The minimum atomic E-state index is -2.91. The molecule has 0 spiro atoms. The van der Waals surface area contributed by atoms with E-state index in [1.807, 2.05) is 6.92 Å². The Morgan fingerprint density at radius 2 is 2.06 bits per heavy atom. The van der Waals surface area contributed by atoms with E-state index in [2.05, 4.69) is 4.74 Å². The summed E-state index contributed by atoms with van der Waals surface area (Å²) in [7, 11) is 0. The molecular weight excluding hydrogens is 214 g/mol. The first-order valence-corrected chi connectivity index (χ1v) is 5.05. The molecule has 0 fully saturated rings. The predicted octanol–water partition coefficient (Wildman–Crippen LogP) is 3.36. The summed E-state index contributed by atoms with van der Waals surface area (Å²) in [4.78, 5) is 11.4. The van der Waals surface area contributed by atoms with Crippen LogP contribution in [0.4, 0.5) is 8.78 Å². The van der Waals surface area contributed by atoms with Crippen LogP contribution < -0.4 is 4.74 Å². The van der Waals surface area contributed by atoms with Gasteiger partial charge in [0.25, 0.3) is 0 Å². The number of ether oxygens (including phenoxy) is 1. The van der Waals surface area contributed by atoms with Gasteiger partial charge in [0.2, 0.25) is 0 Å². The van der Waals surface area contributed by atoms with Crippen LogP contribution in [0.1, 0.15) is 35.3 Å². The summed E-state index contributed by atoms with van der Waals surface area (Å²) in [6, 6.07) is 3.45. The van der Waals surface area contributed by atoms with Gasteiger partial charge in [-0.25, -0.2) is 0 Å². The van der Waals surface area contributed by atoms with Gasteiger partial charge in [-0.3, -0.25) is 4.79 Å². The number of hydrogen-bond donors (Lipinski definition) is 0. The maximum Gasteiger partial charge on any atom is 0.387 e. The summed E-state index contributed by atoms with van der Waals surface area (Å²) in [5, 5.41) is 0. The van der Waals surface area contributed by atoms with Crippen LogP contribution in [0.25, 0.3) is 0 Å². The Balaban J connectivity index is 3.36. The summed E-state index contributed by atoms with van der Waals surface area (Å²) < 4.78 is 29.0. The lowest BCUT2D eigenvalue weighted by Crippen LogP contribution is -2.10. The molecule has 1 aromatic rings. The van der Waals surface area contributed by atoms with E-state index in [0.717, 1.165) is 0 Å². The topological polar surface area (TPSA) is 26.3 Å². The molecule has 1 rings (SSSR count). The van der Waals surface area contributed by atoms with Crippen LogP contribution in [0.2, 0.25) is 0 Å². The molecule has 0 amide bonds. The molecule has 0 aromatic heterocycles. The highest BCUT2D eigenvalue weighted by Crippen LogP contribution is 2.29. The molecule has 0 heterocycles. The standard InChI is InChI=1S/C12H14F2O2/c1-4-9-6-5-7(2)10(8(3)15)11(9)16-12(13)14/h5-6,12H,4H2,1-3H3. The molecule has 16 heavy (non-hydrogen) atoms. The molecule has 4 heteroatoms. The van der Waals surface area contributed by atoms with Crippen LogP contribution in [0.15, 0.2) is 12.1 Å². The van der Waals surface area contributed by atoms with Crippen molar-refractivity contribution in [3.8, 4) is 5.75 Å². The summed E-state index contributed by atoms with van der Waals surface area (Å²) >= 11 is 0. The first kappa shape index (κ1) is 12.6. The molecule has 88 valence electrons. The van der Waals surface area contributed by atoms with Crippen LogP contribution in [0, 0.1) is 6.92 Å². The number of halogens is 2. The second-order valence-corrected chi connectivity index (χ2v) is 3.53. The van der Waals surface area contributed by atoms with Crippen LogP contribution in [-0.2, 0) is 6.42 Å². The number of carbonyl (C=O) groups is 1. The van der Waals surface area contributed by atoms with Gasteiger partial charge < -0.3 is 4.74 Å². The van der Waals surface area contributed by atoms with E-state index >= 15 is 0 Å². The van der Waals surface area contributed by atoms with Gasteiger partial charge in [-0.05, 0) is 31.4 Å². The Hall–Kier alpha value is -1.45. The number of Topliss-reactive ketones (excluding diaryl/α,β-unsaturated/α-hetero) is 1. The van der Waals surface area contributed by atoms with Gasteiger partial charge in [0.15, 0.2) is 5.78 Å². The molecule has 0 aliphatic carbocycles. The number of benzene rings is 1. The minimum Gasteiger partial charge on any atom is -0.434 e. The average molecular weight is 228 g/mol. The van der Waals surface area contributed by atoms with E-state index in [1.165, 1.54) is 6.92 Å².